The number of hydrogen-bond acceptors (Lipinski definition) is 4. The van der Waals surface area contributed by atoms with Crippen LogP contribution >= 0.6 is 0 Å². The predicted octanol–water partition coefficient (Wildman–Crippen LogP) is 2.00. The van der Waals surface area contributed by atoms with Crippen molar-refractivity contribution < 1.29 is 9.15 Å². The molecule has 0 saturated carbocycles. The van der Waals surface area contributed by atoms with Gasteiger partial charge in [0.25, 0.3) is 0 Å². The second-order valence-electron chi connectivity index (χ2n) is 4.76. The number of rotatable bonds is 6. The lowest BCUT2D eigenvalue weighted by molar-refractivity contribution is -0.0155. The molecular formula is C14H24N2O2. The first-order valence-corrected chi connectivity index (χ1v) is 6.92. The van der Waals surface area contributed by atoms with E-state index >= 15 is 0 Å². The molecule has 0 bridgehead atoms. The molecule has 0 aliphatic carbocycles. The Morgan fingerprint density at radius 2 is 2.33 bits per heavy atom. The van der Waals surface area contributed by atoms with Gasteiger partial charge in [0.2, 0.25) is 0 Å². The van der Waals surface area contributed by atoms with Crippen molar-refractivity contribution in [1.82, 2.24) is 10.2 Å². The Morgan fingerprint density at radius 1 is 1.44 bits per heavy atom. The number of ether oxygens (including phenoxy) is 1. The highest BCUT2D eigenvalue weighted by atomic mass is 16.5. The van der Waals surface area contributed by atoms with Crippen molar-refractivity contribution in [3.63, 3.8) is 0 Å². The number of furan rings is 1. The predicted molar refractivity (Wildman–Crippen MR) is 71.4 cm³/mol. The van der Waals surface area contributed by atoms with Crippen molar-refractivity contribution in [3.8, 4) is 0 Å². The molecule has 1 aromatic rings. The zero-order valence-electron chi connectivity index (χ0n) is 11.4. The summed E-state index contributed by atoms with van der Waals surface area (Å²) in [6.07, 6.45) is 2.92. The summed E-state index contributed by atoms with van der Waals surface area (Å²) in [6, 6.07) is 2.59. The van der Waals surface area contributed by atoms with Crippen LogP contribution < -0.4 is 5.32 Å². The van der Waals surface area contributed by atoms with Crippen LogP contribution in [0.5, 0.6) is 0 Å². The SMILES string of the molecule is CCNCc1ccoc1CN1CCOCC1CC. The van der Waals surface area contributed by atoms with Gasteiger partial charge in [-0.05, 0) is 19.0 Å². The molecule has 102 valence electrons. The maximum absolute atomic E-state index is 5.63. The number of nitrogens with zero attached hydrogens (tertiary/aromatic N) is 1. The molecular weight excluding hydrogens is 228 g/mol. The zero-order valence-corrected chi connectivity index (χ0v) is 11.4. The van der Waals surface area contributed by atoms with Gasteiger partial charge < -0.3 is 14.5 Å². The van der Waals surface area contributed by atoms with E-state index in [-0.39, 0.29) is 0 Å². The van der Waals surface area contributed by atoms with Crippen LogP contribution in [0.3, 0.4) is 0 Å². The molecule has 18 heavy (non-hydrogen) atoms. The van der Waals surface area contributed by atoms with Gasteiger partial charge in [-0.3, -0.25) is 4.90 Å². The highest BCUT2D eigenvalue weighted by Gasteiger charge is 2.23. The summed E-state index contributed by atoms with van der Waals surface area (Å²) in [5.74, 6) is 1.09. The fourth-order valence-corrected chi connectivity index (χ4v) is 2.38. The normalized spacial score (nSPS) is 21.3. The molecule has 2 rings (SSSR count). The van der Waals surface area contributed by atoms with Crippen LogP contribution in [0.1, 0.15) is 31.6 Å². The van der Waals surface area contributed by atoms with E-state index in [2.05, 4.69) is 30.1 Å². The van der Waals surface area contributed by atoms with Gasteiger partial charge in [-0.2, -0.15) is 0 Å². The van der Waals surface area contributed by atoms with Crippen LogP contribution in [-0.4, -0.2) is 37.2 Å². The first-order chi connectivity index (χ1) is 8.85. The molecule has 1 N–H and O–H groups in total. The molecule has 4 nitrogen and oxygen atoms in total. The fourth-order valence-electron chi connectivity index (χ4n) is 2.38. The van der Waals surface area contributed by atoms with Gasteiger partial charge in [0.1, 0.15) is 5.76 Å². The van der Waals surface area contributed by atoms with Gasteiger partial charge in [0, 0.05) is 24.7 Å². The Labute approximate surface area is 109 Å². The van der Waals surface area contributed by atoms with Gasteiger partial charge in [-0.15, -0.1) is 0 Å². The third kappa shape index (κ3) is 3.34. The minimum absolute atomic E-state index is 0.524. The first-order valence-electron chi connectivity index (χ1n) is 6.92. The molecule has 0 amide bonds. The Morgan fingerprint density at radius 3 is 3.11 bits per heavy atom. The molecule has 4 heteroatoms. The standard InChI is InChI=1S/C14H24N2O2/c1-3-13-11-17-8-6-16(13)10-14-12(5-7-18-14)9-15-4-2/h5,7,13,15H,3-4,6,8-11H2,1-2H3. The molecule has 1 unspecified atom stereocenters. The van der Waals surface area contributed by atoms with Crippen LogP contribution in [0.2, 0.25) is 0 Å². The lowest BCUT2D eigenvalue weighted by Gasteiger charge is -2.34. The first kappa shape index (κ1) is 13.6. The molecule has 1 atom stereocenters. The summed E-state index contributed by atoms with van der Waals surface area (Å²) >= 11 is 0. The summed E-state index contributed by atoms with van der Waals surface area (Å²) < 4.78 is 11.2. The fraction of sp³-hybridized carbons (Fsp3) is 0.714. The van der Waals surface area contributed by atoms with E-state index in [9.17, 15) is 0 Å². The molecule has 0 aromatic carbocycles. The summed E-state index contributed by atoms with van der Waals surface area (Å²) in [5, 5.41) is 3.35. The van der Waals surface area contributed by atoms with E-state index in [1.54, 1.807) is 6.26 Å². The largest absolute Gasteiger partial charge is 0.468 e. The monoisotopic (exact) mass is 252 g/mol. The topological polar surface area (TPSA) is 37.6 Å². The van der Waals surface area contributed by atoms with Crippen molar-refractivity contribution in [2.75, 3.05) is 26.3 Å². The maximum Gasteiger partial charge on any atom is 0.122 e. The average molecular weight is 252 g/mol. The summed E-state index contributed by atoms with van der Waals surface area (Å²) in [5.41, 5.74) is 1.28. The van der Waals surface area contributed by atoms with Crippen LogP contribution in [0.4, 0.5) is 0 Å². The summed E-state index contributed by atoms with van der Waals surface area (Å²) in [7, 11) is 0. The Bertz CT molecular complexity index is 351. The van der Waals surface area contributed by atoms with E-state index in [0.29, 0.717) is 6.04 Å². The van der Waals surface area contributed by atoms with Crippen LogP contribution in [0.15, 0.2) is 16.7 Å². The van der Waals surface area contributed by atoms with Gasteiger partial charge in [0.05, 0.1) is 26.0 Å². The van der Waals surface area contributed by atoms with Gasteiger partial charge in [0.15, 0.2) is 0 Å². The second-order valence-corrected chi connectivity index (χ2v) is 4.76. The van der Waals surface area contributed by atoms with Crippen molar-refractivity contribution in [2.45, 2.75) is 39.4 Å². The van der Waals surface area contributed by atoms with E-state index in [4.69, 9.17) is 9.15 Å². The minimum Gasteiger partial charge on any atom is -0.468 e. The van der Waals surface area contributed by atoms with E-state index in [1.807, 2.05) is 0 Å². The third-order valence-corrected chi connectivity index (χ3v) is 3.57. The average Bonchev–Trinajstić information content (AvgIpc) is 2.84. The Kier molecular flexibility index (Phi) is 5.23. The van der Waals surface area contributed by atoms with Crippen LogP contribution in [0.25, 0.3) is 0 Å². The Hall–Kier alpha value is -0.840. The highest BCUT2D eigenvalue weighted by molar-refractivity contribution is 5.17. The third-order valence-electron chi connectivity index (χ3n) is 3.57. The lowest BCUT2D eigenvalue weighted by atomic mass is 10.1. The van der Waals surface area contributed by atoms with Crippen LogP contribution in [0, 0.1) is 0 Å². The van der Waals surface area contributed by atoms with E-state index in [1.165, 1.54) is 5.56 Å². The molecule has 2 heterocycles. The van der Waals surface area contributed by atoms with E-state index < -0.39 is 0 Å². The van der Waals surface area contributed by atoms with Crippen molar-refractivity contribution >= 4 is 0 Å². The molecule has 1 fully saturated rings. The smallest absolute Gasteiger partial charge is 0.122 e. The second kappa shape index (κ2) is 6.92. The quantitative estimate of drug-likeness (QED) is 0.840. The van der Waals surface area contributed by atoms with E-state index in [0.717, 1.165) is 51.6 Å². The Balaban J connectivity index is 1.96. The molecule has 1 aromatic heterocycles. The van der Waals surface area contributed by atoms with Gasteiger partial charge in [-0.25, -0.2) is 0 Å². The van der Waals surface area contributed by atoms with Crippen molar-refractivity contribution in [1.29, 1.82) is 0 Å². The molecule has 1 aliphatic rings. The molecule has 0 radical (unpaired) electrons. The molecule has 1 saturated heterocycles. The highest BCUT2D eigenvalue weighted by Crippen LogP contribution is 2.18. The van der Waals surface area contributed by atoms with Gasteiger partial charge >= 0.3 is 0 Å². The maximum atomic E-state index is 5.63. The van der Waals surface area contributed by atoms with Crippen molar-refractivity contribution in [3.05, 3.63) is 23.7 Å². The number of hydrogen-bond donors (Lipinski definition) is 1. The number of nitrogens with one attached hydrogen (secondary N) is 1. The molecule has 0 spiro atoms. The van der Waals surface area contributed by atoms with Crippen molar-refractivity contribution in [2.24, 2.45) is 0 Å². The molecule has 1 aliphatic heterocycles. The van der Waals surface area contributed by atoms with Crippen LogP contribution in [-0.2, 0) is 17.8 Å². The summed E-state index contributed by atoms with van der Waals surface area (Å²) in [6.45, 7) is 9.79. The summed E-state index contributed by atoms with van der Waals surface area (Å²) in [4.78, 5) is 2.47. The zero-order chi connectivity index (χ0) is 12.8. The van der Waals surface area contributed by atoms with Gasteiger partial charge in [-0.1, -0.05) is 13.8 Å². The lowest BCUT2D eigenvalue weighted by Crippen LogP contribution is -2.44. The minimum atomic E-state index is 0.524. The number of morpholine rings is 1.